The van der Waals surface area contributed by atoms with Crippen LogP contribution in [0.1, 0.15) is 72.1 Å². The van der Waals surface area contributed by atoms with Crippen LogP contribution in [0.5, 0.6) is 5.75 Å². The van der Waals surface area contributed by atoms with Gasteiger partial charge in [0.05, 0.1) is 18.2 Å². The average molecular weight is 623 g/mol. The number of ether oxygens (including phenoxy) is 2. The summed E-state index contributed by atoms with van der Waals surface area (Å²) in [6.45, 7) is 11.7. The van der Waals surface area contributed by atoms with Gasteiger partial charge in [-0.05, 0) is 102 Å². The Bertz CT molecular complexity index is 1370. The van der Waals surface area contributed by atoms with Gasteiger partial charge in [-0.1, -0.05) is 0 Å². The molecular weight excluding hydrogens is 572 g/mol. The number of carbonyl (C=O) groups is 1. The number of carbonyl (C=O) groups excluding carboxylic acids is 1. The Balaban J connectivity index is 0.994. The van der Waals surface area contributed by atoms with Crippen molar-refractivity contribution in [1.29, 1.82) is 0 Å². The van der Waals surface area contributed by atoms with Crippen molar-refractivity contribution in [2.24, 2.45) is 24.3 Å². The molecular formula is C34H50N6O5. The standard InChI is InChI=1S/C34H50N6O5/c1-33(2,3)45-32(41)39-16-10-34(11-17-39)20-27(21-34)37-12-6-24(7-13-37)25-8-14-38(15-9-25)29-19-31(44-5)30(40(42)43)18-28(29)26-22-35-36(4)23-26/h18-19,22-25,27H,6-17,20-21H2,1-5H3. The van der Waals surface area contributed by atoms with E-state index in [2.05, 4.69) is 14.9 Å². The molecule has 11 nitrogen and oxygen atoms in total. The van der Waals surface area contributed by atoms with E-state index in [4.69, 9.17) is 9.47 Å². The average Bonchev–Trinajstić information content (AvgIpc) is 3.44. The van der Waals surface area contributed by atoms with Crippen LogP contribution < -0.4 is 9.64 Å². The summed E-state index contributed by atoms with van der Waals surface area (Å²) in [5.74, 6) is 1.78. The maximum absolute atomic E-state index is 12.5. The largest absolute Gasteiger partial charge is 0.490 e. The Morgan fingerprint density at radius 2 is 1.62 bits per heavy atom. The zero-order valence-corrected chi connectivity index (χ0v) is 27.7. The van der Waals surface area contributed by atoms with Crippen molar-refractivity contribution in [2.45, 2.75) is 83.8 Å². The Kier molecular flexibility index (Phi) is 8.76. The van der Waals surface area contributed by atoms with Crippen molar-refractivity contribution in [1.82, 2.24) is 19.6 Å². The Labute approximate surface area is 267 Å². The van der Waals surface area contributed by atoms with Crippen molar-refractivity contribution in [3.05, 3.63) is 34.6 Å². The number of nitro groups is 1. The first kappa shape index (κ1) is 31.6. The van der Waals surface area contributed by atoms with Gasteiger partial charge in [-0.2, -0.15) is 5.10 Å². The summed E-state index contributed by atoms with van der Waals surface area (Å²) < 4.78 is 12.8. The maximum Gasteiger partial charge on any atom is 0.410 e. The first-order valence-electron chi connectivity index (χ1n) is 16.8. The molecule has 11 heteroatoms. The van der Waals surface area contributed by atoms with Crippen LogP contribution in [0.3, 0.4) is 0 Å². The summed E-state index contributed by atoms with van der Waals surface area (Å²) in [4.78, 5) is 30.9. The Hall–Kier alpha value is -3.34. The third-order valence-electron chi connectivity index (χ3n) is 11.0. The van der Waals surface area contributed by atoms with E-state index in [-0.39, 0.29) is 16.7 Å². The smallest absolute Gasteiger partial charge is 0.410 e. The number of aromatic nitrogens is 2. The predicted molar refractivity (Wildman–Crippen MR) is 174 cm³/mol. The molecule has 6 rings (SSSR count). The monoisotopic (exact) mass is 622 g/mol. The van der Waals surface area contributed by atoms with Crippen molar-refractivity contribution in [3.8, 4) is 16.9 Å². The molecule has 0 bridgehead atoms. The third kappa shape index (κ3) is 6.78. The molecule has 0 atom stereocenters. The van der Waals surface area contributed by atoms with Crippen molar-refractivity contribution < 1.29 is 19.2 Å². The lowest BCUT2D eigenvalue weighted by Gasteiger charge is -2.56. The van der Waals surface area contributed by atoms with E-state index in [0.29, 0.717) is 17.2 Å². The van der Waals surface area contributed by atoms with Crippen LogP contribution in [0, 0.1) is 27.4 Å². The summed E-state index contributed by atoms with van der Waals surface area (Å²) in [6, 6.07) is 4.18. The van der Waals surface area contributed by atoms with Gasteiger partial charge in [0.15, 0.2) is 5.75 Å². The minimum absolute atomic E-state index is 0.0228. The molecule has 1 spiro atoms. The second kappa shape index (κ2) is 12.5. The van der Waals surface area contributed by atoms with Crippen LogP contribution in [0.2, 0.25) is 0 Å². The molecule has 4 fully saturated rings. The van der Waals surface area contributed by atoms with E-state index in [1.54, 1.807) is 16.9 Å². The van der Waals surface area contributed by atoms with E-state index >= 15 is 0 Å². The number of likely N-dealkylation sites (tertiary alicyclic amines) is 2. The predicted octanol–water partition coefficient (Wildman–Crippen LogP) is 6.11. The number of aryl methyl sites for hydroxylation is 1. The highest BCUT2D eigenvalue weighted by atomic mass is 16.6. The van der Waals surface area contributed by atoms with Gasteiger partial charge in [0, 0.05) is 74.4 Å². The summed E-state index contributed by atoms with van der Waals surface area (Å²) in [7, 11) is 3.35. The molecule has 1 aromatic heterocycles. The number of nitro benzene ring substituents is 1. The second-order valence-electron chi connectivity index (χ2n) is 14.9. The number of nitrogens with zero attached hydrogens (tertiary/aromatic N) is 6. The molecule has 3 aliphatic heterocycles. The number of benzene rings is 1. The minimum Gasteiger partial charge on any atom is -0.490 e. The molecule has 2 aromatic rings. The fourth-order valence-corrected chi connectivity index (χ4v) is 8.38. The number of amides is 1. The van der Waals surface area contributed by atoms with E-state index < -0.39 is 5.60 Å². The molecule has 0 N–H and O–H groups in total. The Morgan fingerprint density at radius 1 is 1.00 bits per heavy atom. The van der Waals surface area contributed by atoms with E-state index in [1.165, 1.54) is 45.9 Å². The summed E-state index contributed by atoms with van der Waals surface area (Å²) in [5, 5.41) is 16.1. The van der Waals surface area contributed by atoms with E-state index in [0.717, 1.165) is 80.5 Å². The van der Waals surface area contributed by atoms with Gasteiger partial charge in [-0.25, -0.2) is 4.79 Å². The zero-order valence-electron chi connectivity index (χ0n) is 27.7. The van der Waals surface area contributed by atoms with Gasteiger partial charge in [0.25, 0.3) is 0 Å². The van der Waals surface area contributed by atoms with Crippen molar-refractivity contribution in [2.75, 3.05) is 51.3 Å². The van der Waals surface area contributed by atoms with Gasteiger partial charge in [0.2, 0.25) is 0 Å². The number of hydrogen-bond donors (Lipinski definition) is 0. The first-order valence-corrected chi connectivity index (χ1v) is 16.8. The lowest BCUT2D eigenvalue weighted by Crippen LogP contribution is -2.57. The molecule has 1 amide bonds. The van der Waals surface area contributed by atoms with Crippen LogP contribution in [-0.2, 0) is 11.8 Å². The van der Waals surface area contributed by atoms with Crippen LogP contribution >= 0.6 is 0 Å². The topological polar surface area (TPSA) is 106 Å². The molecule has 246 valence electrons. The molecule has 3 saturated heterocycles. The number of methoxy groups -OCH3 is 1. The van der Waals surface area contributed by atoms with Gasteiger partial charge < -0.3 is 24.2 Å². The van der Waals surface area contributed by atoms with Gasteiger partial charge in [0.1, 0.15) is 5.60 Å². The van der Waals surface area contributed by atoms with Gasteiger partial charge >= 0.3 is 11.8 Å². The quantitative estimate of drug-likeness (QED) is 0.281. The molecule has 45 heavy (non-hydrogen) atoms. The fraction of sp³-hybridized carbons (Fsp3) is 0.706. The van der Waals surface area contributed by atoms with E-state index in [9.17, 15) is 14.9 Å². The van der Waals surface area contributed by atoms with Gasteiger partial charge in [-0.3, -0.25) is 14.8 Å². The molecule has 4 aliphatic rings. The highest BCUT2D eigenvalue weighted by Crippen LogP contribution is 2.52. The van der Waals surface area contributed by atoms with E-state index in [1.807, 2.05) is 45.0 Å². The SMILES string of the molecule is COc1cc(N2CCC(C3CCN(C4CC5(CCN(C(=O)OC(C)(C)C)CC5)C4)CC3)CC2)c(-c2cnn(C)c2)cc1[N+](=O)[O-]. The summed E-state index contributed by atoms with van der Waals surface area (Å²) in [6.07, 6.45) is 13.1. The molecule has 0 unspecified atom stereocenters. The van der Waals surface area contributed by atoms with Crippen molar-refractivity contribution in [3.63, 3.8) is 0 Å². The summed E-state index contributed by atoms with van der Waals surface area (Å²) >= 11 is 0. The van der Waals surface area contributed by atoms with Crippen LogP contribution in [0.15, 0.2) is 24.5 Å². The normalized spacial score (nSPS) is 22.0. The minimum atomic E-state index is -0.442. The highest BCUT2D eigenvalue weighted by Gasteiger charge is 2.49. The van der Waals surface area contributed by atoms with Crippen LogP contribution in [0.25, 0.3) is 11.1 Å². The first-order chi connectivity index (χ1) is 21.4. The fourth-order valence-electron chi connectivity index (χ4n) is 8.38. The highest BCUT2D eigenvalue weighted by molar-refractivity contribution is 5.82. The molecule has 1 aliphatic carbocycles. The van der Waals surface area contributed by atoms with Crippen LogP contribution in [-0.4, -0.2) is 88.6 Å². The Morgan fingerprint density at radius 3 is 2.16 bits per heavy atom. The van der Waals surface area contributed by atoms with Crippen LogP contribution in [0.4, 0.5) is 16.2 Å². The number of hydrogen-bond acceptors (Lipinski definition) is 8. The lowest BCUT2D eigenvalue weighted by atomic mass is 9.59. The number of anilines is 1. The lowest BCUT2D eigenvalue weighted by molar-refractivity contribution is -0.385. The maximum atomic E-state index is 12.5. The number of rotatable bonds is 6. The summed E-state index contributed by atoms with van der Waals surface area (Å²) in [5.41, 5.74) is 2.64. The molecule has 1 saturated carbocycles. The zero-order chi connectivity index (χ0) is 31.9. The van der Waals surface area contributed by atoms with Gasteiger partial charge in [-0.15, -0.1) is 0 Å². The molecule has 4 heterocycles. The number of piperidine rings is 3. The molecule has 1 aromatic carbocycles. The van der Waals surface area contributed by atoms with Crippen molar-refractivity contribution >= 4 is 17.5 Å². The second-order valence-corrected chi connectivity index (χ2v) is 14.9. The third-order valence-corrected chi connectivity index (χ3v) is 11.0. The molecule has 0 radical (unpaired) electrons.